The zero-order chi connectivity index (χ0) is 31.2. The van der Waals surface area contributed by atoms with E-state index in [1.54, 1.807) is 0 Å². The summed E-state index contributed by atoms with van der Waals surface area (Å²) in [6.45, 7) is 15.5. The summed E-state index contributed by atoms with van der Waals surface area (Å²) in [7, 11) is 0. The van der Waals surface area contributed by atoms with Crippen molar-refractivity contribution in [2.45, 2.75) is 96.4 Å². The van der Waals surface area contributed by atoms with Gasteiger partial charge in [-0.25, -0.2) is 0 Å². The largest absolute Gasteiger partial charge is 0.343 e. The molecule has 240 valence electrons. The number of hydrogen-bond donors (Lipinski definition) is 2. The van der Waals surface area contributed by atoms with E-state index in [9.17, 15) is 9.59 Å². The number of benzene rings is 2. The minimum Gasteiger partial charge on any atom is -0.343 e. The average Bonchev–Trinajstić information content (AvgIpc) is 3.03. The Labute approximate surface area is 269 Å². The Morgan fingerprint density at radius 3 is 2.20 bits per heavy atom. The first-order valence-corrected chi connectivity index (χ1v) is 17.2. The number of hydrogen-bond acceptors (Lipinski definition) is 5. The summed E-state index contributed by atoms with van der Waals surface area (Å²) in [5.41, 5.74) is 3.18. The molecule has 3 heterocycles. The Balaban J connectivity index is 1.26. The molecule has 2 fully saturated rings. The SMILES string of the molecule is CC(C)CN(C1CCN(C(=O)[C@@H](Cc2ccc(Cl)cc2)NC(=O)[C@H]2CNCc3ccccc32)CC1)C1CCN(C(C)C)CC1. The van der Waals surface area contributed by atoms with Crippen molar-refractivity contribution in [2.24, 2.45) is 5.92 Å². The Hall–Kier alpha value is -2.45. The van der Waals surface area contributed by atoms with Gasteiger partial charge in [-0.1, -0.05) is 61.8 Å². The van der Waals surface area contributed by atoms with Gasteiger partial charge in [-0.3, -0.25) is 14.5 Å². The molecule has 2 N–H and O–H groups in total. The van der Waals surface area contributed by atoms with E-state index in [1.807, 2.05) is 47.4 Å². The standard InChI is InChI=1S/C36H52ClN5O2/c1-25(2)24-42(30-13-17-40(18-14-30)26(3)4)31-15-19-41(20-16-31)36(44)34(21-27-9-11-29(37)12-10-27)39-35(43)33-23-38-22-28-7-5-6-8-32(28)33/h5-12,25-26,30-31,33-34,38H,13-24H2,1-4H3,(H,39,43)/t33-,34+/m0/s1. The molecular weight excluding hydrogens is 570 g/mol. The lowest BCUT2D eigenvalue weighted by molar-refractivity contribution is -0.138. The van der Waals surface area contributed by atoms with Crippen molar-refractivity contribution in [3.05, 3.63) is 70.2 Å². The minimum atomic E-state index is -0.624. The molecule has 0 bridgehead atoms. The fourth-order valence-electron chi connectivity index (χ4n) is 7.45. The number of carbonyl (C=O) groups excluding carboxylic acids is 2. The van der Waals surface area contributed by atoms with Crippen LogP contribution in [0.4, 0.5) is 0 Å². The van der Waals surface area contributed by atoms with Gasteiger partial charge in [-0.05, 0) is 87.4 Å². The lowest BCUT2D eigenvalue weighted by Gasteiger charge is -2.46. The summed E-state index contributed by atoms with van der Waals surface area (Å²) in [5, 5.41) is 7.23. The van der Waals surface area contributed by atoms with Gasteiger partial charge >= 0.3 is 0 Å². The lowest BCUT2D eigenvalue weighted by atomic mass is 9.89. The van der Waals surface area contributed by atoms with E-state index in [0.717, 1.165) is 55.7 Å². The molecule has 3 aliphatic heterocycles. The van der Waals surface area contributed by atoms with Crippen LogP contribution in [-0.4, -0.2) is 89.9 Å². The van der Waals surface area contributed by atoms with Crippen LogP contribution in [0.15, 0.2) is 48.5 Å². The molecule has 2 saturated heterocycles. The summed E-state index contributed by atoms with van der Waals surface area (Å²) in [6.07, 6.45) is 4.84. The normalized spacial score (nSPS) is 21.1. The molecular formula is C36H52ClN5O2. The number of halogens is 1. The van der Waals surface area contributed by atoms with Crippen LogP contribution in [0, 0.1) is 5.92 Å². The van der Waals surface area contributed by atoms with Gasteiger partial charge in [0.2, 0.25) is 11.8 Å². The first kappa shape index (κ1) is 32.9. The van der Waals surface area contributed by atoms with Crippen molar-refractivity contribution in [3.8, 4) is 0 Å². The van der Waals surface area contributed by atoms with Crippen LogP contribution in [0.1, 0.15) is 76.0 Å². The molecule has 0 aromatic heterocycles. The van der Waals surface area contributed by atoms with E-state index in [-0.39, 0.29) is 17.7 Å². The van der Waals surface area contributed by atoms with Crippen LogP contribution < -0.4 is 10.6 Å². The second-order valence-electron chi connectivity index (χ2n) is 13.8. The Bertz CT molecular complexity index is 1240. The highest BCUT2D eigenvalue weighted by Crippen LogP contribution is 2.28. The number of nitrogens with zero attached hydrogens (tertiary/aromatic N) is 3. The molecule has 3 aliphatic rings. The van der Waals surface area contributed by atoms with Crippen molar-refractivity contribution in [1.82, 2.24) is 25.3 Å². The zero-order valence-corrected chi connectivity index (χ0v) is 27.9. The number of likely N-dealkylation sites (tertiary alicyclic amines) is 2. The maximum Gasteiger partial charge on any atom is 0.245 e. The van der Waals surface area contributed by atoms with Crippen LogP contribution >= 0.6 is 11.6 Å². The molecule has 2 aromatic rings. The monoisotopic (exact) mass is 621 g/mol. The van der Waals surface area contributed by atoms with Gasteiger partial charge < -0.3 is 20.4 Å². The molecule has 0 saturated carbocycles. The van der Waals surface area contributed by atoms with Crippen LogP contribution in [0.25, 0.3) is 0 Å². The molecule has 0 radical (unpaired) electrons. The average molecular weight is 622 g/mol. The second kappa shape index (κ2) is 15.2. The van der Waals surface area contributed by atoms with Crippen LogP contribution in [-0.2, 0) is 22.6 Å². The number of fused-ring (bicyclic) bond motifs is 1. The number of carbonyl (C=O) groups is 2. The van der Waals surface area contributed by atoms with Crippen molar-refractivity contribution >= 4 is 23.4 Å². The van der Waals surface area contributed by atoms with Gasteiger partial charge in [-0.15, -0.1) is 0 Å². The lowest BCUT2D eigenvalue weighted by Crippen LogP contribution is -2.57. The number of amides is 2. The molecule has 7 nitrogen and oxygen atoms in total. The van der Waals surface area contributed by atoms with Crippen LogP contribution in [0.3, 0.4) is 0 Å². The van der Waals surface area contributed by atoms with Gasteiger partial charge in [0, 0.05) is 62.3 Å². The first-order chi connectivity index (χ1) is 21.2. The summed E-state index contributed by atoms with van der Waals surface area (Å²) in [5.74, 6) is 0.209. The zero-order valence-electron chi connectivity index (χ0n) is 27.1. The quantitative estimate of drug-likeness (QED) is 0.388. The highest BCUT2D eigenvalue weighted by molar-refractivity contribution is 6.30. The van der Waals surface area contributed by atoms with Crippen LogP contribution in [0.2, 0.25) is 5.02 Å². The molecule has 8 heteroatoms. The maximum absolute atomic E-state index is 14.1. The van der Waals surface area contributed by atoms with Crippen molar-refractivity contribution in [1.29, 1.82) is 0 Å². The van der Waals surface area contributed by atoms with E-state index in [4.69, 9.17) is 11.6 Å². The van der Waals surface area contributed by atoms with Crippen molar-refractivity contribution in [3.63, 3.8) is 0 Å². The molecule has 5 rings (SSSR count). The van der Waals surface area contributed by atoms with E-state index in [1.165, 1.54) is 25.9 Å². The highest BCUT2D eigenvalue weighted by atomic mass is 35.5. The van der Waals surface area contributed by atoms with E-state index in [2.05, 4.69) is 54.2 Å². The predicted octanol–water partition coefficient (Wildman–Crippen LogP) is 5.08. The molecule has 0 aliphatic carbocycles. The maximum atomic E-state index is 14.1. The van der Waals surface area contributed by atoms with Gasteiger partial charge in [0.1, 0.15) is 6.04 Å². The Kier molecular flexibility index (Phi) is 11.4. The Morgan fingerprint density at radius 2 is 1.57 bits per heavy atom. The minimum absolute atomic E-state index is 0.0180. The summed E-state index contributed by atoms with van der Waals surface area (Å²) in [6, 6.07) is 16.8. The molecule has 2 amide bonds. The van der Waals surface area contributed by atoms with Gasteiger partial charge in [0.15, 0.2) is 0 Å². The van der Waals surface area contributed by atoms with Crippen molar-refractivity contribution < 1.29 is 9.59 Å². The second-order valence-corrected chi connectivity index (χ2v) is 14.2. The molecule has 2 aromatic carbocycles. The van der Waals surface area contributed by atoms with Gasteiger partial charge in [0.25, 0.3) is 0 Å². The summed E-state index contributed by atoms with van der Waals surface area (Å²) < 4.78 is 0. The van der Waals surface area contributed by atoms with Gasteiger partial charge in [-0.2, -0.15) is 0 Å². The summed E-state index contributed by atoms with van der Waals surface area (Å²) >= 11 is 6.16. The summed E-state index contributed by atoms with van der Waals surface area (Å²) in [4.78, 5) is 35.3. The smallest absolute Gasteiger partial charge is 0.245 e. The van der Waals surface area contributed by atoms with E-state index >= 15 is 0 Å². The Morgan fingerprint density at radius 1 is 0.932 bits per heavy atom. The third-order valence-electron chi connectivity index (χ3n) is 9.90. The van der Waals surface area contributed by atoms with E-state index in [0.29, 0.717) is 42.0 Å². The molecule has 44 heavy (non-hydrogen) atoms. The third kappa shape index (κ3) is 8.22. The fraction of sp³-hybridized carbons (Fsp3) is 0.611. The number of piperidine rings is 2. The van der Waals surface area contributed by atoms with Gasteiger partial charge in [0.05, 0.1) is 5.92 Å². The molecule has 0 unspecified atom stereocenters. The highest BCUT2D eigenvalue weighted by Gasteiger charge is 2.36. The topological polar surface area (TPSA) is 67.9 Å². The third-order valence-corrected chi connectivity index (χ3v) is 10.2. The van der Waals surface area contributed by atoms with Crippen molar-refractivity contribution in [2.75, 3.05) is 39.3 Å². The number of rotatable bonds is 10. The first-order valence-electron chi connectivity index (χ1n) is 16.8. The molecule has 2 atom stereocenters. The number of nitrogens with one attached hydrogen (secondary N) is 2. The van der Waals surface area contributed by atoms with E-state index < -0.39 is 6.04 Å². The van der Waals surface area contributed by atoms with Crippen LogP contribution in [0.5, 0.6) is 0 Å². The predicted molar refractivity (Wildman–Crippen MR) is 179 cm³/mol. The molecule has 0 spiro atoms. The fourth-order valence-corrected chi connectivity index (χ4v) is 7.57.